The number of hydrogen-bond acceptors (Lipinski definition) is 2. The summed E-state index contributed by atoms with van der Waals surface area (Å²) >= 11 is 7.53. The molecule has 0 radical (unpaired) electrons. The van der Waals surface area contributed by atoms with Crippen LogP contribution >= 0.6 is 22.9 Å². The van der Waals surface area contributed by atoms with Crippen molar-refractivity contribution in [3.8, 4) is 0 Å². The molecule has 1 aromatic carbocycles. The highest BCUT2D eigenvalue weighted by Crippen LogP contribution is 2.26. The van der Waals surface area contributed by atoms with Gasteiger partial charge < -0.3 is 4.90 Å². The Morgan fingerprint density at radius 3 is 2.83 bits per heavy atom. The molecule has 0 bridgehead atoms. The Bertz CT molecular complexity index is 480. The lowest BCUT2D eigenvalue weighted by Gasteiger charge is -2.15. The van der Waals surface area contributed by atoms with Crippen LogP contribution in [-0.2, 0) is 6.54 Å². The van der Waals surface area contributed by atoms with E-state index in [1.54, 1.807) is 0 Å². The molecular weight excluding hydrogens is 262 g/mol. The third kappa shape index (κ3) is 3.71. The molecule has 0 fully saturated rings. The number of thiophene rings is 1. The van der Waals surface area contributed by atoms with Crippen molar-refractivity contribution in [1.29, 1.82) is 0 Å². The van der Waals surface area contributed by atoms with Crippen molar-refractivity contribution < 1.29 is 0 Å². The Labute approximate surface area is 118 Å². The molecule has 0 unspecified atom stereocenters. The molecule has 0 spiro atoms. The summed E-state index contributed by atoms with van der Waals surface area (Å²) in [6, 6.07) is 8.66. The van der Waals surface area contributed by atoms with Gasteiger partial charge in [0.15, 0.2) is 0 Å². The van der Waals surface area contributed by atoms with Crippen molar-refractivity contribution in [3.05, 3.63) is 35.2 Å². The summed E-state index contributed by atoms with van der Waals surface area (Å²) < 4.78 is 1.39. The molecule has 0 aliphatic rings. The molecule has 18 heavy (non-hydrogen) atoms. The number of halogens is 1. The van der Waals surface area contributed by atoms with Crippen molar-refractivity contribution in [2.45, 2.75) is 25.8 Å². The van der Waals surface area contributed by atoms with Crippen molar-refractivity contribution in [2.75, 3.05) is 19.5 Å². The normalized spacial score (nSPS) is 11.5. The largest absolute Gasteiger partial charge is 0.302 e. The van der Waals surface area contributed by atoms with Crippen molar-refractivity contribution in [3.63, 3.8) is 0 Å². The van der Waals surface area contributed by atoms with Gasteiger partial charge in [0.25, 0.3) is 0 Å². The number of fused-ring (bicyclic) bond motifs is 1. The van der Waals surface area contributed by atoms with Gasteiger partial charge in [-0.1, -0.05) is 24.6 Å². The molecule has 0 aliphatic carbocycles. The molecule has 2 rings (SSSR count). The Morgan fingerprint density at radius 2 is 2.00 bits per heavy atom. The van der Waals surface area contributed by atoms with Crippen LogP contribution in [0.4, 0.5) is 0 Å². The minimum absolute atomic E-state index is 0.791. The first-order valence-corrected chi connectivity index (χ1v) is 7.92. The third-order valence-corrected chi connectivity index (χ3v) is 4.45. The van der Waals surface area contributed by atoms with Crippen LogP contribution in [0.5, 0.6) is 0 Å². The molecule has 0 aliphatic heterocycles. The van der Waals surface area contributed by atoms with Crippen molar-refractivity contribution in [1.82, 2.24) is 4.90 Å². The van der Waals surface area contributed by atoms with Crippen LogP contribution in [0.2, 0.25) is 0 Å². The summed E-state index contributed by atoms with van der Waals surface area (Å²) in [5, 5.41) is 3.70. The van der Waals surface area contributed by atoms with Gasteiger partial charge in [0.1, 0.15) is 0 Å². The predicted octanol–water partition coefficient (Wildman–Crippen LogP) is 4.74. The van der Waals surface area contributed by atoms with Crippen LogP contribution in [0, 0.1) is 0 Å². The Kier molecular flexibility index (Phi) is 5.48. The standard InChI is InChI=1S/C15H20ClNS/c1-17(10-6-2-5-9-16)11-13-12-18-15-8-4-3-7-14(13)15/h3-4,7-8,12H,2,5-6,9-11H2,1H3. The molecule has 3 heteroatoms. The topological polar surface area (TPSA) is 3.24 Å². The van der Waals surface area contributed by atoms with E-state index in [1.165, 1.54) is 28.5 Å². The molecule has 1 nitrogen and oxygen atoms in total. The van der Waals surface area contributed by atoms with E-state index in [4.69, 9.17) is 11.6 Å². The highest BCUT2D eigenvalue weighted by Gasteiger charge is 2.06. The summed E-state index contributed by atoms with van der Waals surface area (Å²) in [6.45, 7) is 2.20. The van der Waals surface area contributed by atoms with E-state index in [0.29, 0.717) is 0 Å². The van der Waals surface area contributed by atoms with E-state index in [2.05, 4.69) is 41.6 Å². The number of unbranched alkanes of at least 4 members (excludes halogenated alkanes) is 2. The number of nitrogens with zero attached hydrogens (tertiary/aromatic N) is 1. The number of rotatable bonds is 7. The second-order valence-electron chi connectivity index (χ2n) is 4.74. The molecule has 98 valence electrons. The SMILES string of the molecule is CN(CCCCCCl)Cc1csc2ccccc12. The Morgan fingerprint density at radius 1 is 1.17 bits per heavy atom. The molecule has 0 N–H and O–H groups in total. The number of benzene rings is 1. The molecule has 2 aromatic rings. The van der Waals surface area contributed by atoms with E-state index < -0.39 is 0 Å². The van der Waals surface area contributed by atoms with Crippen molar-refractivity contribution >= 4 is 33.0 Å². The minimum Gasteiger partial charge on any atom is -0.302 e. The fourth-order valence-electron chi connectivity index (χ4n) is 2.18. The highest BCUT2D eigenvalue weighted by atomic mass is 35.5. The molecule has 0 atom stereocenters. The van der Waals surface area contributed by atoms with E-state index in [9.17, 15) is 0 Å². The smallest absolute Gasteiger partial charge is 0.0346 e. The van der Waals surface area contributed by atoms with Gasteiger partial charge in [0.2, 0.25) is 0 Å². The quantitative estimate of drug-likeness (QED) is 0.523. The summed E-state index contributed by atoms with van der Waals surface area (Å²) in [6.07, 6.45) is 3.61. The van der Waals surface area contributed by atoms with Crippen molar-refractivity contribution in [2.24, 2.45) is 0 Å². The molecule has 0 saturated heterocycles. The van der Waals surface area contributed by atoms with Crippen LogP contribution in [0.15, 0.2) is 29.6 Å². The maximum atomic E-state index is 5.69. The summed E-state index contributed by atoms with van der Waals surface area (Å²) in [5.41, 5.74) is 1.45. The first kappa shape index (κ1) is 13.9. The van der Waals surface area contributed by atoms with Gasteiger partial charge in [-0.2, -0.15) is 0 Å². The van der Waals surface area contributed by atoms with Gasteiger partial charge in [-0.3, -0.25) is 0 Å². The van der Waals surface area contributed by atoms with E-state index in [0.717, 1.165) is 25.4 Å². The van der Waals surface area contributed by atoms with Gasteiger partial charge in [0, 0.05) is 17.1 Å². The third-order valence-electron chi connectivity index (χ3n) is 3.17. The van der Waals surface area contributed by atoms with Crippen LogP contribution in [-0.4, -0.2) is 24.4 Å². The van der Waals surface area contributed by atoms with Crippen LogP contribution in [0.1, 0.15) is 24.8 Å². The van der Waals surface area contributed by atoms with Crippen LogP contribution in [0.3, 0.4) is 0 Å². The Hall–Kier alpha value is -0.570. The average molecular weight is 282 g/mol. The Balaban J connectivity index is 1.88. The lowest BCUT2D eigenvalue weighted by molar-refractivity contribution is 0.319. The lowest BCUT2D eigenvalue weighted by Crippen LogP contribution is -2.18. The summed E-state index contributed by atoms with van der Waals surface area (Å²) in [7, 11) is 2.20. The zero-order valence-electron chi connectivity index (χ0n) is 10.9. The molecule has 1 aromatic heterocycles. The molecule has 1 heterocycles. The van der Waals surface area contributed by atoms with Gasteiger partial charge in [-0.05, 0) is 48.8 Å². The number of alkyl halides is 1. The van der Waals surface area contributed by atoms with Gasteiger partial charge >= 0.3 is 0 Å². The lowest BCUT2D eigenvalue weighted by atomic mass is 10.1. The zero-order valence-corrected chi connectivity index (χ0v) is 12.4. The fraction of sp³-hybridized carbons (Fsp3) is 0.467. The highest BCUT2D eigenvalue weighted by molar-refractivity contribution is 7.17. The maximum absolute atomic E-state index is 5.69. The molecule has 0 saturated carbocycles. The second kappa shape index (κ2) is 7.13. The first-order valence-electron chi connectivity index (χ1n) is 6.51. The fourth-order valence-corrected chi connectivity index (χ4v) is 3.32. The average Bonchev–Trinajstić information content (AvgIpc) is 2.78. The number of hydrogen-bond donors (Lipinski definition) is 0. The summed E-state index contributed by atoms with van der Waals surface area (Å²) in [4.78, 5) is 2.41. The van der Waals surface area contributed by atoms with Crippen LogP contribution < -0.4 is 0 Å². The summed E-state index contributed by atoms with van der Waals surface area (Å²) in [5.74, 6) is 0.791. The van der Waals surface area contributed by atoms with E-state index >= 15 is 0 Å². The van der Waals surface area contributed by atoms with Gasteiger partial charge in [0.05, 0.1) is 0 Å². The maximum Gasteiger partial charge on any atom is 0.0346 e. The van der Waals surface area contributed by atoms with Crippen LogP contribution in [0.25, 0.3) is 10.1 Å². The van der Waals surface area contributed by atoms with E-state index in [-0.39, 0.29) is 0 Å². The second-order valence-corrected chi connectivity index (χ2v) is 6.03. The predicted molar refractivity (Wildman–Crippen MR) is 82.7 cm³/mol. The molecular formula is C15H20ClNS. The van der Waals surface area contributed by atoms with Gasteiger partial charge in [-0.15, -0.1) is 22.9 Å². The first-order chi connectivity index (χ1) is 8.81. The zero-order chi connectivity index (χ0) is 12.8. The molecule has 0 amide bonds. The minimum atomic E-state index is 0.791. The van der Waals surface area contributed by atoms with E-state index in [1.807, 2.05) is 11.3 Å². The van der Waals surface area contributed by atoms with Gasteiger partial charge in [-0.25, -0.2) is 0 Å². The monoisotopic (exact) mass is 281 g/mol.